The Morgan fingerprint density at radius 2 is 1.88 bits per heavy atom. The SMILES string of the molecule is COC(=O)C=Cc1c(C)c(Cl)cc(C(C)NC(=O)OC(C)(C)C)c1OC. The third-order valence-corrected chi connectivity index (χ3v) is 3.94. The molecule has 7 heteroatoms. The molecule has 0 aromatic heterocycles. The molecule has 0 aliphatic rings. The van der Waals surface area contributed by atoms with Gasteiger partial charge in [-0.25, -0.2) is 9.59 Å². The number of carbonyl (C=O) groups excluding carboxylic acids is 2. The number of nitrogens with one attached hydrogen (secondary N) is 1. The lowest BCUT2D eigenvalue weighted by Crippen LogP contribution is -2.34. The van der Waals surface area contributed by atoms with Crippen molar-refractivity contribution in [1.82, 2.24) is 5.32 Å². The molecular weight excluding hydrogens is 358 g/mol. The van der Waals surface area contributed by atoms with Gasteiger partial charge in [-0.15, -0.1) is 0 Å². The van der Waals surface area contributed by atoms with E-state index in [0.29, 0.717) is 21.9 Å². The second kappa shape index (κ2) is 8.94. The molecule has 0 radical (unpaired) electrons. The van der Waals surface area contributed by atoms with Gasteiger partial charge in [-0.3, -0.25) is 0 Å². The van der Waals surface area contributed by atoms with Crippen molar-refractivity contribution >= 4 is 29.7 Å². The van der Waals surface area contributed by atoms with E-state index in [2.05, 4.69) is 10.1 Å². The van der Waals surface area contributed by atoms with Gasteiger partial charge in [0.15, 0.2) is 0 Å². The Hall–Kier alpha value is -2.21. The molecule has 1 amide bonds. The second-order valence-electron chi connectivity index (χ2n) is 6.74. The number of ether oxygens (including phenoxy) is 3. The molecule has 0 bridgehead atoms. The quantitative estimate of drug-likeness (QED) is 0.601. The maximum atomic E-state index is 12.1. The number of esters is 1. The van der Waals surface area contributed by atoms with Crippen LogP contribution in [0.15, 0.2) is 12.1 Å². The molecule has 0 aliphatic heterocycles. The zero-order valence-corrected chi connectivity index (χ0v) is 17.0. The summed E-state index contributed by atoms with van der Waals surface area (Å²) >= 11 is 6.33. The van der Waals surface area contributed by atoms with Crippen LogP contribution in [0.4, 0.5) is 4.79 Å². The van der Waals surface area contributed by atoms with E-state index in [1.807, 2.05) is 6.92 Å². The van der Waals surface area contributed by atoms with Crippen LogP contribution in [0.2, 0.25) is 5.02 Å². The predicted octanol–water partition coefficient (Wildman–Crippen LogP) is 4.43. The van der Waals surface area contributed by atoms with E-state index >= 15 is 0 Å². The number of amides is 1. The Balaban J connectivity index is 3.26. The molecule has 1 rings (SSSR count). The van der Waals surface area contributed by atoms with Crippen molar-refractivity contribution in [2.75, 3.05) is 14.2 Å². The summed E-state index contributed by atoms with van der Waals surface area (Å²) in [6, 6.07) is 1.30. The molecule has 0 fully saturated rings. The molecule has 0 heterocycles. The number of benzene rings is 1. The lowest BCUT2D eigenvalue weighted by Gasteiger charge is -2.24. The minimum Gasteiger partial charge on any atom is -0.496 e. The fourth-order valence-corrected chi connectivity index (χ4v) is 2.52. The molecule has 1 atom stereocenters. The second-order valence-corrected chi connectivity index (χ2v) is 7.15. The van der Waals surface area contributed by atoms with Crippen molar-refractivity contribution in [1.29, 1.82) is 0 Å². The van der Waals surface area contributed by atoms with Crippen LogP contribution >= 0.6 is 11.6 Å². The third kappa shape index (κ3) is 5.95. The summed E-state index contributed by atoms with van der Waals surface area (Å²) in [5.41, 5.74) is 1.45. The van der Waals surface area contributed by atoms with Gasteiger partial charge in [0, 0.05) is 22.2 Å². The molecule has 26 heavy (non-hydrogen) atoms. The highest BCUT2D eigenvalue weighted by atomic mass is 35.5. The normalized spacial score (nSPS) is 12.6. The van der Waals surface area contributed by atoms with Crippen LogP contribution in [0.3, 0.4) is 0 Å². The molecule has 1 unspecified atom stereocenters. The highest BCUT2D eigenvalue weighted by Crippen LogP contribution is 2.36. The number of methoxy groups -OCH3 is 2. The Bertz CT molecular complexity index is 707. The van der Waals surface area contributed by atoms with Crippen molar-refractivity contribution in [2.45, 2.75) is 46.3 Å². The molecule has 0 spiro atoms. The summed E-state index contributed by atoms with van der Waals surface area (Å²) in [5, 5.41) is 3.25. The average Bonchev–Trinajstić information content (AvgIpc) is 2.53. The summed E-state index contributed by atoms with van der Waals surface area (Å²) < 4.78 is 15.4. The standard InChI is InChI=1S/C19H26ClNO5/c1-11-13(8-9-16(22)24-6)17(25-7)14(10-15(11)20)12(2)21-18(23)26-19(3,4)5/h8-10,12H,1-7H3,(H,21,23). The van der Waals surface area contributed by atoms with E-state index < -0.39 is 23.7 Å². The maximum Gasteiger partial charge on any atom is 0.408 e. The van der Waals surface area contributed by atoms with Crippen LogP contribution in [-0.4, -0.2) is 31.9 Å². The molecule has 1 N–H and O–H groups in total. The summed E-state index contributed by atoms with van der Waals surface area (Å²) in [5.74, 6) is 0.0171. The number of hydrogen-bond acceptors (Lipinski definition) is 5. The monoisotopic (exact) mass is 383 g/mol. The van der Waals surface area contributed by atoms with Crippen LogP contribution in [0, 0.1) is 6.92 Å². The van der Waals surface area contributed by atoms with E-state index in [4.69, 9.17) is 21.1 Å². The molecule has 1 aromatic carbocycles. The lowest BCUT2D eigenvalue weighted by atomic mass is 9.98. The van der Waals surface area contributed by atoms with E-state index in [1.165, 1.54) is 20.3 Å². The summed E-state index contributed by atoms with van der Waals surface area (Å²) in [4.78, 5) is 23.5. The average molecular weight is 384 g/mol. The van der Waals surface area contributed by atoms with Gasteiger partial charge in [0.05, 0.1) is 20.3 Å². The summed E-state index contributed by atoms with van der Waals surface area (Å²) in [6.07, 6.45) is 2.32. The fraction of sp³-hybridized carbons (Fsp3) is 0.474. The Morgan fingerprint density at radius 3 is 2.38 bits per heavy atom. The molecule has 0 aliphatic carbocycles. The molecule has 6 nitrogen and oxygen atoms in total. The molecular formula is C19H26ClNO5. The van der Waals surface area contributed by atoms with Crippen molar-refractivity contribution < 1.29 is 23.8 Å². The van der Waals surface area contributed by atoms with Crippen LogP contribution in [0.5, 0.6) is 5.75 Å². The molecule has 144 valence electrons. The van der Waals surface area contributed by atoms with Gasteiger partial charge in [-0.2, -0.15) is 0 Å². The first-order valence-electron chi connectivity index (χ1n) is 8.12. The van der Waals surface area contributed by atoms with Gasteiger partial charge >= 0.3 is 12.1 Å². The third-order valence-electron chi connectivity index (χ3n) is 3.54. The first kappa shape index (κ1) is 21.8. The predicted molar refractivity (Wildman–Crippen MR) is 102 cm³/mol. The maximum absolute atomic E-state index is 12.1. The van der Waals surface area contributed by atoms with Gasteiger partial charge in [0.25, 0.3) is 0 Å². The number of rotatable bonds is 5. The Kier molecular flexibility index (Phi) is 7.51. The minimum absolute atomic E-state index is 0.428. The van der Waals surface area contributed by atoms with Crippen LogP contribution in [-0.2, 0) is 14.3 Å². The van der Waals surface area contributed by atoms with Crippen molar-refractivity contribution in [3.8, 4) is 5.75 Å². The largest absolute Gasteiger partial charge is 0.496 e. The molecule has 0 saturated carbocycles. The molecule has 1 aromatic rings. The van der Waals surface area contributed by atoms with Gasteiger partial charge in [0.1, 0.15) is 11.4 Å². The number of carbonyl (C=O) groups is 2. The zero-order valence-electron chi connectivity index (χ0n) is 16.2. The van der Waals surface area contributed by atoms with E-state index in [9.17, 15) is 9.59 Å². The Labute approximate surface area is 159 Å². The fourth-order valence-electron chi connectivity index (χ4n) is 2.30. The first-order valence-corrected chi connectivity index (χ1v) is 8.50. The highest BCUT2D eigenvalue weighted by molar-refractivity contribution is 6.31. The van der Waals surface area contributed by atoms with E-state index in [-0.39, 0.29) is 0 Å². The highest BCUT2D eigenvalue weighted by Gasteiger charge is 2.22. The molecule has 0 saturated heterocycles. The summed E-state index contributed by atoms with van der Waals surface area (Å²) in [6.45, 7) is 8.97. The number of halogens is 1. The number of alkyl carbamates (subject to hydrolysis) is 1. The van der Waals surface area contributed by atoms with Crippen molar-refractivity contribution in [3.05, 3.63) is 33.9 Å². The first-order chi connectivity index (χ1) is 12.0. The zero-order chi connectivity index (χ0) is 20.1. The van der Waals surface area contributed by atoms with Gasteiger partial charge in [-0.1, -0.05) is 11.6 Å². The minimum atomic E-state index is -0.604. The lowest BCUT2D eigenvalue weighted by molar-refractivity contribution is -0.134. The summed E-state index contributed by atoms with van der Waals surface area (Å²) in [7, 11) is 2.81. The van der Waals surface area contributed by atoms with Crippen molar-refractivity contribution in [3.63, 3.8) is 0 Å². The van der Waals surface area contributed by atoms with Crippen LogP contribution in [0.1, 0.15) is 50.4 Å². The van der Waals surface area contributed by atoms with Gasteiger partial charge in [0.2, 0.25) is 0 Å². The van der Waals surface area contributed by atoms with Gasteiger partial charge < -0.3 is 19.5 Å². The van der Waals surface area contributed by atoms with E-state index in [1.54, 1.807) is 39.8 Å². The smallest absolute Gasteiger partial charge is 0.408 e. The Morgan fingerprint density at radius 1 is 1.27 bits per heavy atom. The van der Waals surface area contributed by atoms with Crippen LogP contribution in [0.25, 0.3) is 6.08 Å². The van der Waals surface area contributed by atoms with Gasteiger partial charge in [-0.05, 0) is 52.3 Å². The number of hydrogen-bond donors (Lipinski definition) is 1. The van der Waals surface area contributed by atoms with Crippen molar-refractivity contribution in [2.24, 2.45) is 0 Å². The van der Waals surface area contributed by atoms with Crippen LogP contribution < -0.4 is 10.1 Å². The topological polar surface area (TPSA) is 73.9 Å². The van der Waals surface area contributed by atoms with E-state index in [0.717, 1.165) is 5.56 Å².